The van der Waals surface area contributed by atoms with Crippen LogP contribution in [0.25, 0.3) is 55.7 Å². The van der Waals surface area contributed by atoms with Crippen molar-refractivity contribution in [2.24, 2.45) is 0 Å². The maximum absolute atomic E-state index is 13.0. The number of aromatic hydroxyl groups is 6. The molecule has 0 bridgehead atoms. The Morgan fingerprint density at radius 3 is 1.74 bits per heavy atom. The van der Waals surface area contributed by atoms with E-state index in [-0.39, 0.29) is 83.8 Å². The lowest BCUT2D eigenvalue weighted by Gasteiger charge is -2.14. The molecule has 13 heteroatoms. The number of fused-ring (bicyclic) bond motifs is 2. The summed E-state index contributed by atoms with van der Waals surface area (Å²) >= 11 is 0. The Hall–Kier alpha value is -6.02. The highest BCUT2D eigenvalue weighted by Crippen LogP contribution is 2.45. The van der Waals surface area contributed by atoms with Gasteiger partial charge in [-0.25, -0.2) is 0 Å². The summed E-state index contributed by atoms with van der Waals surface area (Å²) in [6, 6.07) is 15.3. The molecule has 0 unspecified atom stereocenters. The molecule has 0 spiro atoms. The summed E-state index contributed by atoms with van der Waals surface area (Å²) in [6.07, 6.45) is 0. The zero-order valence-corrected chi connectivity index (χ0v) is 21.7. The molecule has 4 aromatic carbocycles. The number of rotatable bonds is 3. The third-order valence-corrected chi connectivity index (χ3v) is 6.46. The lowest BCUT2D eigenvalue weighted by Crippen LogP contribution is -2.02. The third-order valence-electron chi connectivity index (χ3n) is 6.46. The van der Waals surface area contributed by atoms with Crippen molar-refractivity contribution in [3.8, 4) is 68.3 Å². The van der Waals surface area contributed by atoms with Gasteiger partial charge in [0, 0.05) is 47.0 Å². The van der Waals surface area contributed by atoms with E-state index >= 15 is 0 Å². The van der Waals surface area contributed by atoms with Crippen molar-refractivity contribution < 1.29 is 55.9 Å². The number of hydrogen-bond donors (Lipinski definition) is 6. The third kappa shape index (κ3) is 5.25. The molecule has 0 aliphatic heterocycles. The van der Waals surface area contributed by atoms with Gasteiger partial charge in [-0.3, -0.25) is 9.59 Å². The number of phenols is 6. The van der Waals surface area contributed by atoms with Crippen LogP contribution in [0.1, 0.15) is 0 Å². The molecule has 6 aromatic rings. The van der Waals surface area contributed by atoms with Gasteiger partial charge in [0.05, 0.1) is 5.56 Å². The van der Waals surface area contributed by atoms with Gasteiger partial charge in [-0.05, 0) is 42.5 Å². The number of benzene rings is 4. The van der Waals surface area contributed by atoms with Gasteiger partial charge in [0.2, 0.25) is 0 Å². The lowest BCUT2D eigenvalue weighted by molar-refractivity contribution is 0.451. The molecule has 0 aliphatic carbocycles. The summed E-state index contributed by atoms with van der Waals surface area (Å²) < 4.78 is 11.7. The molecular formula is C30H24O13. The van der Waals surface area contributed by atoms with Crippen molar-refractivity contribution in [1.82, 2.24) is 0 Å². The van der Waals surface area contributed by atoms with Crippen molar-refractivity contribution in [2.45, 2.75) is 0 Å². The Morgan fingerprint density at radius 2 is 1.07 bits per heavy atom. The zero-order chi connectivity index (χ0) is 28.3. The maximum Gasteiger partial charge on any atom is 0.197 e. The minimum absolute atomic E-state index is 0. The van der Waals surface area contributed by atoms with E-state index < -0.39 is 28.1 Å². The van der Waals surface area contributed by atoms with Gasteiger partial charge in [-0.15, -0.1) is 0 Å². The van der Waals surface area contributed by atoms with E-state index in [1.54, 1.807) is 0 Å². The van der Waals surface area contributed by atoms with Gasteiger partial charge >= 0.3 is 0 Å². The van der Waals surface area contributed by atoms with Crippen LogP contribution in [0.15, 0.2) is 91.2 Å². The summed E-state index contributed by atoms with van der Waals surface area (Å²) in [5.74, 6) is -2.09. The fourth-order valence-electron chi connectivity index (χ4n) is 4.62. The van der Waals surface area contributed by atoms with Crippen LogP contribution in [0.5, 0.6) is 34.5 Å². The van der Waals surface area contributed by atoms with E-state index in [1.807, 2.05) is 0 Å². The topological polar surface area (TPSA) is 276 Å². The Labute approximate surface area is 239 Å². The van der Waals surface area contributed by atoms with Gasteiger partial charge < -0.3 is 55.9 Å². The monoisotopic (exact) mass is 592 g/mol. The van der Waals surface area contributed by atoms with Crippen LogP contribution in [0.2, 0.25) is 0 Å². The molecule has 13 nitrogen and oxygen atoms in total. The standard InChI is InChI=1S/C30H18O10.3H2O/c31-15-4-1-13(2-5-15)24-12-23(38)29-21(36)10-20(35)27(30(29)40-24)17-7-14(3-6-18(17)33)25-11-22(37)28-19(34)8-16(32)9-26(28)39-25;;;/h1-12,31-36H;3*1H2. The van der Waals surface area contributed by atoms with Crippen LogP contribution < -0.4 is 10.9 Å². The molecule has 222 valence electrons. The highest BCUT2D eigenvalue weighted by molar-refractivity contribution is 6.01. The minimum Gasteiger partial charge on any atom is -0.508 e. The van der Waals surface area contributed by atoms with E-state index in [4.69, 9.17) is 8.83 Å². The summed E-state index contributed by atoms with van der Waals surface area (Å²) in [5, 5.41) is 61.3. The molecule has 0 fully saturated rings. The normalized spacial score (nSPS) is 10.5. The predicted octanol–water partition coefficient (Wildman–Crippen LogP) is 2.66. The first-order chi connectivity index (χ1) is 19.1. The molecule has 0 radical (unpaired) electrons. The van der Waals surface area contributed by atoms with Crippen LogP contribution >= 0.6 is 0 Å². The molecule has 0 atom stereocenters. The predicted molar refractivity (Wildman–Crippen MR) is 156 cm³/mol. The molecule has 2 heterocycles. The zero-order valence-electron chi connectivity index (χ0n) is 21.7. The SMILES string of the molecule is O.O.O.O=c1cc(-c2ccc(O)c(-c3c(O)cc(O)c4c(=O)cc(-c5ccc(O)cc5)oc34)c2)oc2cc(O)cc(O)c12. The fraction of sp³-hybridized carbons (Fsp3) is 0. The van der Waals surface area contributed by atoms with E-state index in [0.717, 1.165) is 24.3 Å². The van der Waals surface area contributed by atoms with Gasteiger partial charge in [0.15, 0.2) is 16.4 Å². The highest BCUT2D eigenvalue weighted by Gasteiger charge is 2.23. The van der Waals surface area contributed by atoms with Crippen LogP contribution in [0.4, 0.5) is 0 Å². The van der Waals surface area contributed by atoms with Crippen molar-refractivity contribution in [3.05, 3.63) is 93.2 Å². The molecule has 0 saturated carbocycles. The summed E-state index contributed by atoms with van der Waals surface area (Å²) in [4.78, 5) is 25.8. The van der Waals surface area contributed by atoms with Gasteiger partial charge in [0.25, 0.3) is 0 Å². The van der Waals surface area contributed by atoms with E-state index in [1.165, 1.54) is 48.5 Å². The second kappa shape index (κ2) is 11.5. The van der Waals surface area contributed by atoms with Gasteiger partial charge in [0.1, 0.15) is 62.4 Å². The Balaban J connectivity index is 0.00000169. The van der Waals surface area contributed by atoms with Crippen molar-refractivity contribution in [1.29, 1.82) is 0 Å². The average molecular weight is 593 g/mol. The minimum atomic E-state index is -0.626. The summed E-state index contributed by atoms with van der Waals surface area (Å²) in [6.45, 7) is 0. The second-order valence-corrected chi connectivity index (χ2v) is 9.06. The number of phenolic OH excluding ortho intramolecular Hbond substituents is 6. The average Bonchev–Trinajstić information content (AvgIpc) is 2.89. The smallest absolute Gasteiger partial charge is 0.197 e. The summed E-state index contributed by atoms with van der Waals surface area (Å²) in [7, 11) is 0. The van der Waals surface area contributed by atoms with Gasteiger partial charge in [-0.2, -0.15) is 0 Å². The largest absolute Gasteiger partial charge is 0.508 e. The van der Waals surface area contributed by atoms with E-state index in [2.05, 4.69) is 0 Å². The van der Waals surface area contributed by atoms with Crippen molar-refractivity contribution >= 4 is 21.9 Å². The molecule has 0 amide bonds. The molecule has 43 heavy (non-hydrogen) atoms. The first kappa shape index (κ1) is 31.5. The fourth-order valence-corrected chi connectivity index (χ4v) is 4.62. The van der Waals surface area contributed by atoms with Gasteiger partial charge in [-0.1, -0.05) is 0 Å². The maximum atomic E-state index is 13.0. The summed E-state index contributed by atoms with van der Waals surface area (Å²) in [5.41, 5.74) is -0.992. The Bertz CT molecular complexity index is 2110. The van der Waals surface area contributed by atoms with Crippen molar-refractivity contribution in [3.63, 3.8) is 0 Å². The molecule has 0 aliphatic rings. The Morgan fingerprint density at radius 1 is 0.488 bits per heavy atom. The van der Waals surface area contributed by atoms with Crippen LogP contribution in [-0.2, 0) is 0 Å². The molecule has 6 rings (SSSR count). The first-order valence-corrected chi connectivity index (χ1v) is 11.8. The van der Waals surface area contributed by atoms with Crippen LogP contribution in [0, 0.1) is 0 Å². The Kier molecular flexibility index (Phi) is 8.40. The molecule has 12 N–H and O–H groups in total. The second-order valence-electron chi connectivity index (χ2n) is 9.06. The molecular weight excluding hydrogens is 568 g/mol. The van der Waals surface area contributed by atoms with E-state index in [0.29, 0.717) is 5.56 Å². The quantitative estimate of drug-likeness (QED) is 0.175. The molecule has 0 saturated heterocycles. The van der Waals surface area contributed by atoms with E-state index in [9.17, 15) is 40.2 Å². The lowest BCUT2D eigenvalue weighted by atomic mass is 9.97. The first-order valence-electron chi connectivity index (χ1n) is 11.8. The van der Waals surface area contributed by atoms with Crippen molar-refractivity contribution in [2.75, 3.05) is 0 Å². The van der Waals surface area contributed by atoms with Crippen LogP contribution in [0.3, 0.4) is 0 Å². The highest BCUT2D eigenvalue weighted by atomic mass is 16.3. The number of hydrogen-bond acceptors (Lipinski definition) is 10. The molecule has 2 aromatic heterocycles. The van der Waals surface area contributed by atoms with Crippen LogP contribution in [-0.4, -0.2) is 47.1 Å².